The summed E-state index contributed by atoms with van der Waals surface area (Å²) >= 11 is 13.9. The molecule has 0 aliphatic carbocycles. The number of alkyl carbamates (subject to hydrolysis) is 1. The third-order valence-corrected chi connectivity index (χ3v) is 16.1. The number of anilines is 1. The minimum atomic E-state index is -4.30. The third kappa shape index (κ3) is 10.9. The fourth-order valence-electron chi connectivity index (χ4n) is 6.34. The number of carbonyl (C=O) groups is 2. The number of carbonyl (C=O) groups excluding carboxylic acids is 1. The molecular formula is C33H40Br2ClN5O8S3. The molecule has 1 atom stereocenters. The van der Waals surface area contributed by atoms with Gasteiger partial charge in [0, 0.05) is 43.4 Å². The molecule has 3 aromatic rings. The number of carboxylic acid groups (broad SMARTS) is 1. The van der Waals surface area contributed by atoms with Gasteiger partial charge in [0.25, 0.3) is 10.0 Å². The number of carboxylic acids is 1. The van der Waals surface area contributed by atoms with Crippen LogP contribution >= 0.6 is 54.8 Å². The highest BCUT2D eigenvalue weighted by Gasteiger charge is 2.32. The van der Waals surface area contributed by atoms with Crippen LogP contribution in [0.25, 0.3) is 0 Å². The molecule has 0 spiro atoms. The maximum atomic E-state index is 13.1. The second kappa shape index (κ2) is 18.3. The maximum Gasteiger partial charge on any atom is 0.407 e. The topological polar surface area (TPSA) is 175 Å². The first-order valence-corrected chi connectivity index (χ1v) is 22.5. The summed E-state index contributed by atoms with van der Waals surface area (Å²) in [6, 6.07) is 10.2. The van der Waals surface area contributed by atoms with Crippen LogP contribution < -0.4 is 14.9 Å². The number of pyridine rings is 1. The van der Waals surface area contributed by atoms with Crippen molar-refractivity contribution in [2.45, 2.75) is 66.7 Å². The molecule has 0 saturated carbocycles. The van der Waals surface area contributed by atoms with E-state index < -0.39 is 44.7 Å². The Morgan fingerprint density at radius 2 is 1.62 bits per heavy atom. The van der Waals surface area contributed by atoms with E-state index in [1.807, 2.05) is 6.07 Å². The van der Waals surface area contributed by atoms with Crippen LogP contribution in [0.4, 0.5) is 10.6 Å². The number of hydrogen-bond acceptors (Lipinski definition) is 10. The molecule has 5 rings (SSSR count). The Bertz CT molecular complexity index is 1900. The van der Waals surface area contributed by atoms with Crippen molar-refractivity contribution in [1.29, 1.82) is 0 Å². The van der Waals surface area contributed by atoms with Crippen molar-refractivity contribution in [2.24, 2.45) is 11.8 Å². The van der Waals surface area contributed by atoms with Gasteiger partial charge < -0.3 is 20.1 Å². The molecule has 284 valence electrons. The molecule has 2 aromatic heterocycles. The summed E-state index contributed by atoms with van der Waals surface area (Å²) in [5.41, 5.74) is 0.743. The van der Waals surface area contributed by atoms with Gasteiger partial charge in [0.2, 0.25) is 10.0 Å². The Morgan fingerprint density at radius 3 is 2.19 bits per heavy atom. The first-order chi connectivity index (χ1) is 24.7. The molecule has 1 aromatic carbocycles. The van der Waals surface area contributed by atoms with Gasteiger partial charge in [-0.3, -0.25) is 4.79 Å². The van der Waals surface area contributed by atoms with E-state index in [2.05, 4.69) is 51.8 Å². The summed E-state index contributed by atoms with van der Waals surface area (Å²) < 4.78 is 62.8. The Labute approximate surface area is 329 Å². The lowest BCUT2D eigenvalue weighted by molar-refractivity contribution is -0.138. The zero-order valence-electron chi connectivity index (χ0n) is 28.0. The van der Waals surface area contributed by atoms with Crippen LogP contribution in [-0.2, 0) is 36.2 Å². The van der Waals surface area contributed by atoms with Crippen LogP contribution in [0, 0.1) is 11.8 Å². The quantitative estimate of drug-likeness (QED) is 0.153. The number of sulfonamides is 2. The minimum absolute atomic E-state index is 0.0241. The third-order valence-electron chi connectivity index (χ3n) is 9.29. The number of thiophene rings is 1. The molecule has 2 aliphatic rings. The smallest absolute Gasteiger partial charge is 0.407 e. The Hall–Kier alpha value is -2.32. The highest BCUT2D eigenvalue weighted by Crippen LogP contribution is 2.37. The van der Waals surface area contributed by atoms with Crippen molar-refractivity contribution in [3.05, 3.63) is 67.5 Å². The summed E-state index contributed by atoms with van der Waals surface area (Å²) in [6.45, 7) is 1.99. The van der Waals surface area contributed by atoms with Gasteiger partial charge in [0.15, 0.2) is 0 Å². The van der Waals surface area contributed by atoms with E-state index in [1.54, 1.807) is 34.6 Å². The number of piperidine rings is 2. The van der Waals surface area contributed by atoms with Crippen LogP contribution in [0.15, 0.2) is 66.7 Å². The van der Waals surface area contributed by atoms with E-state index in [0.717, 1.165) is 74.9 Å². The number of hydrogen-bond donors (Lipinski definition) is 3. The second-order valence-electron chi connectivity index (χ2n) is 12.8. The van der Waals surface area contributed by atoms with Gasteiger partial charge in [-0.15, -0.1) is 11.3 Å². The van der Waals surface area contributed by atoms with Crippen molar-refractivity contribution in [3.63, 3.8) is 0 Å². The molecular weight excluding hydrogens is 886 g/mol. The van der Waals surface area contributed by atoms with Crippen LogP contribution in [0.3, 0.4) is 0 Å². The molecule has 3 N–H and O–H groups in total. The average Bonchev–Trinajstić information content (AvgIpc) is 3.48. The van der Waals surface area contributed by atoms with E-state index in [9.17, 15) is 31.5 Å². The predicted octanol–water partition coefficient (Wildman–Crippen LogP) is 6.47. The van der Waals surface area contributed by atoms with E-state index in [4.69, 9.17) is 16.3 Å². The normalized spacial score (nSPS) is 17.2. The van der Waals surface area contributed by atoms with Gasteiger partial charge in [-0.25, -0.2) is 26.6 Å². The van der Waals surface area contributed by atoms with Crippen LogP contribution in [-0.4, -0.2) is 82.1 Å². The monoisotopic (exact) mass is 923 g/mol. The van der Waals surface area contributed by atoms with Crippen molar-refractivity contribution in [2.75, 3.05) is 37.6 Å². The van der Waals surface area contributed by atoms with Gasteiger partial charge >= 0.3 is 12.1 Å². The maximum absolute atomic E-state index is 13.1. The molecule has 1 unspecified atom stereocenters. The van der Waals surface area contributed by atoms with Crippen LogP contribution in [0.2, 0.25) is 4.34 Å². The zero-order valence-corrected chi connectivity index (χ0v) is 34.4. The van der Waals surface area contributed by atoms with E-state index in [1.165, 1.54) is 12.3 Å². The first-order valence-electron chi connectivity index (χ1n) is 16.8. The Morgan fingerprint density at radius 1 is 0.981 bits per heavy atom. The molecule has 1 amide bonds. The fraction of sp³-hybridized carbons (Fsp3) is 0.485. The molecule has 2 aliphatic heterocycles. The number of aliphatic carboxylic acids is 1. The van der Waals surface area contributed by atoms with Gasteiger partial charge in [-0.2, -0.15) is 9.03 Å². The number of rotatable bonds is 15. The summed E-state index contributed by atoms with van der Waals surface area (Å²) in [7, 11) is -7.84. The van der Waals surface area contributed by atoms with Gasteiger partial charge in [0.05, 0.1) is 4.47 Å². The van der Waals surface area contributed by atoms with E-state index in [-0.39, 0.29) is 15.7 Å². The number of ether oxygens (including phenoxy) is 1. The number of nitrogens with zero attached hydrogens (tertiary/aromatic N) is 3. The molecule has 0 radical (unpaired) electrons. The number of nitrogens with one attached hydrogen (secondary N) is 2. The lowest BCUT2D eigenvalue weighted by atomic mass is 9.87. The predicted molar refractivity (Wildman–Crippen MR) is 206 cm³/mol. The molecule has 52 heavy (non-hydrogen) atoms. The van der Waals surface area contributed by atoms with E-state index >= 15 is 0 Å². The molecule has 2 saturated heterocycles. The van der Waals surface area contributed by atoms with Crippen LogP contribution in [0.1, 0.15) is 50.5 Å². The molecule has 4 heterocycles. The van der Waals surface area contributed by atoms with Gasteiger partial charge in [-0.05, 0) is 87.1 Å². The first kappa shape index (κ1) is 40.9. The summed E-state index contributed by atoms with van der Waals surface area (Å²) in [4.78, 5) is 30.2. The number of halogens is 3. The number of aromatic nitrogens is 1. The highest BCUT2D eigenvalue weighted by molar-refractivity contribution is 9.11. The molecule has 19 heteroatoms. The minimum Gasteiger partial charge on any atom is -0.480 e. The second-order valence-corrected chi connectivity index (χ2v) is 20.1. The summed E-state index contributed by atoms with van der Waals surface area (Å²) in [6.07, 6.45) is 7.17. The molecule has 2 fully saturated rings. The fourth-order valence-corrected chi connectivity index (χ4v) is 12.2. The molecule has 13 nitrogen and oxygen atoms in total. The van der Waals surface area contributed by atoms with Gasteiger partial charge in [-0.1, -0.05) is 61.2 Å². The van der Waals surface area contributed by atoms with Crippen LogP contribution in [0.5, 0.6) is 0 Å². The van der Waals surface area contributed by atoms with Crippen molar-refractivity contribution in [3.8, 4) is 0 Å². The molecule has 0 bridgehead atoms. The Balaban J connectivity index is 1.04. The highest BCUT2D eigenvalue weighted by atomic mass is 79.9. The summed E-state index contributed by atoms with van der Waals surface area (Å²) in [5.74, 6) is 0.189. The lowest BCUT2D eigenvalue weighted by Gasteiger charge is -2.34. The summed E-state index contributed by atoms with van der Waals surface area (Å²) in [5, 5.41) is 11.9. The Kier molecular flexibility index (Phi) is 14.4. The van der Waals surface area contributed by atoms with Crippen molar-refractivity contribution < 1.29 is 36.3 Å². The number of amides is 1. The van der Waals surface area contributed by atoms with Crippen molar-refractivity contribution >= 4 is 92.7 Å². The number of benzene rings is 1. The standard InChI is InChI=1S/C33H40Br2ClN5O8S3/c34-26-18-29(50-30(26)36)52(47,48)41-15-11-23(12-16-41)8-4-7-22-9-13-40(14-10-22)31-27(35)17-25(19-37-31)51(45,46)39-28(32(42)43)20-38-33(44)49-21-24-5-2-1-3-6-24/h1-3,5-6,17-19,22-23,28,39H,4,7-16,20-21H2,(H,38,44)(H,42,43). The van der Waals surface area contributed by atoms with Crippen molar-refractivity contribution in [1.82, 2.24) is 19.3 Å². The zero-order chi connectivity index (χ0) is 37.5. The SMILES string of the molecule is O=C(NCC(NS(=O)(=O)c1cnc(N2CCC(CCCC3CCN(S(=O)(=O)c4cc(Br)c(Cl)s4)CC3)CC2)c(Br)c1)C(=O)O)OCc1ccccc1. The van der Waals surface area contributed by atoms with E-state index in [0.29, 0.717) is 44.0 Å². The van der Waals surface area contributed by atoms with Gasteiger partial charge in [0.1, 0.15) is 31.9 Å². The lowest BCUT2D eigenvalue weighted by Crippen LogP contribution is -2.48. The average molecular weight is 926 g/mol. The largest absolute Gasteiger partial charge is 0.480 e.